The predicted octanol–water partition coefficient (Wildman–Crippen LogP) is 3.38. The third-order valence-electron chi connectivity index (χ3n) is 4.77. The minimum absolute atomic E-state index is 0.0284. The maximum Gasteiger partial charge on any atom is 0.266 e. The standard InChI is InChI=1S/C21H28ClN5O2/c1-5-23-20-24-15(2)14-18(25-20)26-10-12-27(13-11-26)19(28)21(3,4)29-17-8-6-16(22)7-9-17/h6-9,14H,5,10-13H2,1-4H3,(H,23,24,25). The van der Waals surface area contributed by atoms with E-state index in [0.29, 0.717) is 42.9 Å². The van der Waals surface area contributed by atoms with Crippen molar-refractivity contribution in [2.45, 2.75) is 33.3 Å². The van der Waals surface area contributed by atoms with E-state index in [1.807, 2.05) is 24.8 Å². The van der Waals surface area contributed by atoms with Crippen LogP contribution in [-0.2, 0) is 4.79 Å². The molecule has 156 valence electrons. The van der Waals surface area contributed by atoms with E-state index in [2.05, 4.69) is 20.2 Å². The molecule has 1 saturated heterocycles. The van der Waals surface area contributed by atoms with E-state index in [1.165, 1.54) is 0 Å². The Labute approximate surface area is 177 Å². The summed E-state index contributed by atoms with van der Waals surface area (Å²) in [5.74, 6) is 2.12. The monoisotopic (exact) mass is 417 g/mol. The highest BCUT2D eigenvalue weighted by Gasteiger charge is 2.36. The lowest BCUT2D eigenvalue weighted by atomic mass is 10.1. The van der Waals surface area contributed by atoms with Gasteiger partial charge < -0.3 is 19.9 Å². The van der Waals surface area contributed by atoms with Gasteiger partial charge in [0.05, 0.1) is 0 Å². The molecule has 1 N–H and O–H groups in total. The molecule has 1 aromatic carbocycles. The number of benzene rings is 1. The molecule has 2 aromatic rings. The average molecular weight is 418 g/mol. The van der Waals surface area contributed by atoms with Crippen LogP contribution in [0.3, 0.4) is 0 Å². The Morgan fingerprint density at radius 2 is 1.83 bits per heavy atom. The number of piperazine rings is 1. The molecule has 8 heteroatoms. The van der Waals surface area contributed by atoms with Crippen LogP contribution in [-0.4, -0.2) is 59.1 Å². The van der Waals surface area contributed by atoms with Gasteiger partial charge in [-0.2, -0.15) is 4.98 Å². The first-order valence-electron chi connectivity index (χ1n) is 9.87. The van der Waals surface area contributed by atoms with E-state index in [4.69, 9.17) is 16.3 Å². The quantitative estimate of drug-likeness (QED) is 0.776. The summed E-state index contributed by atoms with van der Waals surface area (Å²) < 4.78 is 5.95. The van der Waals surface area contributed by atoms with Gasteiger partial charge in [0.15, 0.2) is 5.60 Å². The second kappa shape index (κ2) is 8.86. The largest absolute Gasteiger partial charge is 0.478 e. The molecule has 1 fully saturated rings. The smallest absolute Gasteiger partial charge is 0.266 e. The average Bonchev–Trinajstić information content (AvgIpc) is 2.69. The van der Waals surface area contributed by atoms with Crippen molar-refractivity contribution in [2.75, 3.05) is 42.9 Å². The van der Waals surface area contributed by atoms with Crippen molar-refractivity contribution in [3.63, 3.8) is 0 Å². The number of halogens is 1. The zero-order valence-electron chi connectivity index (χ0n) is 17.4. The first kappa shape index (κ1) is 21.2. The molecule has 0 spiro atoms. The van der Waals surface area contributed by atoms with E-state index in [1.54, 1.807) is 38.1 Å². The third-order valence-corrected chi connectivity index (χ3v) is 5.02. The maximum atomic E-state index is 13.0. The number of ether oxygens (including phenoxy) is 1. The van der Waals surface area contributed by atoms with Gasteiger partial charge in [-0.25, -0.2) is 4.98 Å². The lowest BCUT2D eigenvalue weighted by Gasteiger charge is -2.39. The van der Waals surface area contributed by atoms with Crippen LogP contribution >= 0.6 is 11.6 Å². The number of nitrogens with zero attached hydrogens (tertiary/aromatic N) is 4. The van der Waals surface area contributed by atoms with Gasteiger partial charge >= 0.3 is 0 Å². The normalized spacial score (nSPS) is 14.7. The topological polar surface area (TPSA) is 70.6 Å². The van der Waals surface area contributed by atoms with Gasteiger partial charge in [0.1, 0.15) is 11.6 Å². The predicted molar refractivity (Wildman–Crippen MR) is 116 cm³/mol. The van der Waals surface area contributed by atoms with Crippen LogP contribution < -0.4 is 15.0 Å². The SMILES string of the molecule is CCNc1nc(C)cc(N2CCN(C(=O)C(C)(C)Oc3ccc(Cl)cc3)CC2)n1. The second-order valence-corrected chi connectivity index (χ2v) is 8.00. The van der Waals surface area contributed by atoms with Crippen molar-refractivity contribution in [2.24, 2.45) is 0 Å². The van der Waals surface area contributed by atoms with E-state index in [0.717, 1.165) is 18.1 Å². The Hall–Kier alpha value is -2.54. The molecule has 0 aliphatic carbocycles. The number of carbonyl (C=O) groups is 1. The summed E-state index contributed by atoms with van der Waals surface area (Å²) in [6.07, 6.45) is 0. The Kier molecular flexibility index (Phi) is 6.47. The van der Waals surface area contributed by atoms with E-state index in [-0.39, 0.29) is 5.91 Å². The molecule has 0 atom stereocenters. The van der Waals surface area contributed by atoms with E-state index in [9.17, 15) is 4.79 Å². The number of rotatable bonds is 6. The summed E-state index contributed by atoms with van der Waals surface area (Å²) in [6.45, 7) is 11.0. The molecule has 2 heterocycles. The van der Waals surface area contributed by atoms with Crippen LogP contribution in [0.5, 0.6) is 5.75 Å². The number of hydrogen-bond acceptors (Lipinski definition) is 6. The lowest BCUT2D eigenvalue weighted by molar-refractivity contribution is -0.145. The first-order chi connectivity index (χ1) is 13.8. The molecule has 29 heavy (non-hydrogen) atoms. The zero-order chi connectivity index (χ0) is 21.0. The molecule has 0 unspecified atom stereocenters. The van der Waals surface area contributed by atoms with Crippen molar-refractivity contribution in [3.8, 4) is 5.75 Å². The summed E-state index contributed by atoms with van der Waals surface area (Å²) in [5, 5.41) is 3.80. The third kappa shape index (κ3) is 5.29. The second-order valence-electron chi connectivity index (χ2n) is 7.57. The molecule has 1 aliphatic rings. The van der Waals surface area contributed by atoms with Crippen LogP contribution in [0.4, 0.5) is 11.8 Å². The van der Waals surface area contributed by atoms with E-state index < -0.39 is 5.60 Å². The fourth-order valence-electron chi connectivity index (χ4n) is 3.31. The first-order valence-corrected chi connectivity index (χ1v) is 10.2. The fraction of sp³-hybridized carbons (Fsp3) is 0.476. The van der Waals surface area contributed by atoms with Crippen molar-refractivity contribution < 1.29 is 9.53 Å². The molecule has 7 nitrogen and oxygen atoms in total. The number of aromatic nitrogens is 2. The molecule has 3 rings (SSSR count). The Bertz CT molecular complexity index is 849. The van der Waals surface area contributed by atoms with Crippen LogP contribution in [0, 0.1) is 6.92 Å². The van der Waals surface area contributed by atoms with Crippen molar-refractivity contribution in [1.82, 2.24) is 14.9 Å². The Balaban J connectivity index is 1.62. The number of hydrogen-bond donors (Lipinski definition) is 1. The fourth-order valence-corrected chi connectivity index (χ4v) is 3.44. The summed E-state index contributed by atoms with van der Waals surface area (Å²) in [5.41, 5.74) is -0.0401. The van der Waals surface area contributed by atoms with Crippen LogP contribution in [0.2, 0.25) is 5.02 Å². The van der Waals surface area contributed by atoms with Gasteiger partial charge in [0, 0.05) is 49.5 Å². The van der Waals surface area contributed by atoms with Crippen molar-refractivity contribution in [1.29, 1.82) is 0 Å². The van der Waals surface area contributed by atoms with Crippen molar-refractivity contribution in [3.05, 3.63) is 41.0 Å². The Morgan fingerprint density at radius 1 is 1.17 bits per heavy atom. The molecular formula is C21H28ClN5O2. The van der Waals surface area contributed by atoms with Gasteiger partial charge in [0.2, 0.25) is 5.95 Å². The van der Waals surface area contributed by atoms with Gasteiger partial charge in [-0.15, -0.1) is 0 Å². The number of aryl methyl sites for hydroxylation is 1. The molecule has 0 bridgehead atoms. The van der Waals surface area contributed by atoms with E-state index >= 15 is 0 Å². The summed E-state index contributed by atoms with van der Waals surface area (Å²) in [6, 6.07) is 9.03. The summed E-state index contributed by atoms with van der Waals surface area (Å²) in [4.78, 5) is 26.1. The highest BCUT2D eigenvalue weighted by molar-refractivity contribution is 6.30. The molecular weight excluding hydrogens is 390 g/mol. The number of anilines is 2. The molecule has 1 amide bonds. The van der Waals surface area contributed by atoms with Crippen LogP contribution in [0.15, 0.2) is 30.3 Å². The lowest BCUT2D eigenvalue weighted by Crippen LogP contribution is -2.56. The Morgan fingerprint density at radius 3 is 2.45 bits per heavy atom. The maximum absolute atomic E-state index is 13.0. The number of carbonyl (C=O) groups excluding carboxylic acids is 1. The van der Waals surface area contributed by atoms with Crippen LogP contribution in [0.25, 0.3) is 0 Å². The highest BCUT2D eigenvalue weighted by atomic mass is 35.5. The van der Waals surface area contributed by atoms with Gasteiger partial charge in [0.25, 0.3) is 5.91 Å². The summed E-state index contributed by atoms with van der Waals surface area (Å²) >= 11 is 5.92. The summed E-state index contributed by atoms with van der Waals surface area (Å²) in [7, 11) is 0. The molecule has 1 aliphatic heterocycles. The minimum atomic E-state index is -0.959. The number of amides is 1. The van der Waals surface area contributed by atoms with Crippen LogP contribution in [0.1, 0.15) is 26.5 Å². The zero-order valence-corrected chi connectivity index (χ0v) is 18.2. The van der Waals surface area contributed by atoms with Gasteiger partial charge in [-0.05, 0) is 52.0 Å². The minimum Gasteiger partial charge on any atom is -0.478 e. The molecule has 1 aromatic heterocycles. The highest BCUT2D eigenvalue weighted by Crippen LogP contribution is 2.24. The van der Waals surface area contributed by atoms with Gasteiger partial charge in [-0.1, -0.05) is 11.6 Å². The molecule has 0 radical (unpaired) electrons. The van der Waals surface area contributed by atoms with Gasteiger partial charge in [-0.3, -0.25) is 4.79 Å². The number of nitrogens with one attached hydrogen (secondary N) is 1. The molecule has 0 saturated carbocycles. The van der Waals surface area contributed by atoms with Crippen molar-refractivity contribution >= 4 is 29.3 Å².